The highest BCUT2D eigenvalue weighted by Gasteiger charge is 2.41. The van der Waals surface area contributed by atoms with E-state index in [9.17, 15) is 26.4 Å². The Morgan fingerprint density at radius 3 is 2.52 bits per heavy atom. The Morgan fingerprint density at radius 1 is 1.11 bits per heavy atom. The van der Waals surface area contributed by atoms with E-state index in [1.807, 2.05) is 7.05 Å². The number of sulfonamides is 1. The minimum absolute atomic E-state index is 0.0568. The molecule has 0 saturated carbocycles. The number of amides is 1. The highest BCUT2D eigenvalue weighted by Crippen LogP contribution is 2.40. The summed E-state index contributed by atoms with van der Waals surface area (Å²) in [6, 6.07) is 10.7. The topological polar surface area (TPSA) is 135 Å². The highest BCUT2D eigenvalue weighted by molar-refractivity contribution is 7.88. The molecule has 1 aromatic heterocycles. The van der Waals surface area contributed by atoms with Gasteiger partial charge in [-0.15, -0.1) is 0 Å². The van der Waals surface area contributed by atoms with Crippen LogP contribution in [0.25, 0.3) is 0 Å². The Morgan fingerprint density at radius 2 is 1.84 bits per heavy atom. The number of aromatic nitrogens is 2. The number of carbonyl (C=O) groups excluding carboxylic acids is 1. The molecule has 0 spiro atoms. The van der Waals surface area contributed by atoms with Crippen molar-refractivity contribution in [3.05, 3.63) is 70.9 Å². The smallest absolute Gasteiger partial charge is 0.423 e. The molecule has 11 nitrogen and oxygen atoms in total. The number of nitrogens with zero attached hydrogens (tertiary/aromatic N) is 3. The van der Waals surface area contributed by atoms with Crippen LogP contribution in [0.1, 0.15) is 45.9 Å². The maximum absolute atomic E-state index is 14.0. The Hall–Kier alpha value is -3.95. The van der Waals surface area contributed by atoms with Crippen molar-refractivity contribution in [2.45, 2.75) is 43.6 Å². The summed E-state index contributed by atoms with van der Waals surface area (Å²) in [5.41, 5.74) is 0.788. The first-order valence-electron chi connectivity index (χ1n) is 13.9. The van der Waals surface area contributed by atoms with Crippen molar-refractivity contribution in [3.63, 3.8) is 0 Å². The molecule has 5 rings (SSSR count). The number of piperidine rings is 1. The lowest BCUT2D eigenvalue weighted by Crippen LogP contribution is -2.43. The molecule has 0 bridgehead atoms. The SMILES string of the molecule is COc1cc(C(=O)NC2CCN(C)CC2)ccc1Nc1ncc(C(F)(F)F)c(O[C@@H]2Cc3ccccc3[C@H]2NS(C)(=O)=O)n1. The van der Waals surface area contributed by atoms with Crippen LogP contribution in [0.15, 0.2) is 48.7 Å². The van der Waals surface area contributed by atoms with Gasteiger partial charge in [0.05, 0.1) is 25.1 Å². The second-order valence-electron chi connectivity index (χ2n) is 10.9. The molecule has 1 aliphatic carbocycles. The molecule has 1 amide bonds. The summed E-state index contributed by atoms with van der Waals surface area (Å²) in [4.78, 5) is 22.9. The van der Waals surface area contributed by atoms with Gasteiger partial charge in [0.25, 0.3) is 5.91 Å². The van der Waals surface area contributed by atoms with Crippen molar-refractivity contribution in [3.8, 4) is 11.6 Å². The van der Waals surface area contributed by atoms with Crippen LogP contribution in [0.4, 0.5) is 24.8 Å². The van der Waals surface area contributed by atoms with Crippen molar-refractivity contribution < 1.29 is 35.9 Å². The Kier molecular flexibility index (Phi) is 9.00. The van der Waals surface area contributed by atoms with Gasteiger partial charge in [-0.05, 0) is 62.3 Å². The number of alkyl halides is 3. The summed E-state index contributed by atoms with van der Waals surface area (Å²) < 4.78 is 79.9. The fourth-order valence-corrected chi connectivity index (χ4v) is 6.11. The molecule has 236 valence electrons. The number of likely N-dealkylation sites (tertiary alicyclic amines) is 1. The predicted octanol–water partition coefficient (Wildman–Crippen LogP) is 3.67. The molecular formula is C29H33F3N6O5S. The maximum Gasteiger partial charge on any atom is 0.423 e. The average Bonchev–Trinajstić information content (AvgIpc) is 3.29. The summed E-state index contributed by atoms with van der Waals surface area (Å²) in [6.45, 7) is 1.77. The van der Waals surface area contributed by atoms with Crippen LogP contribution in [0.3, 0.4) is 0 Å². The number of benzene rings is 2. The standard InChI is InChI=1S/C29H33F3N6O5S/c1-38-12-10-19(11-13-38)34-26(39)18-8-9-22(23(15-18)42-2)35-28-33-16-21(29(30,31)32)27(36-28)43-24-14-17-6-4-5-7-20(17)25(24)37-44(3,40)41/h4-9,15-16,19,24-25,37H,10-14H2,1-3H3,(H,34,39)(H,33,35,36)/t24-,25-/m1/s1. The lowest BCUT2D eigenvalue weighted by Gasteiger charge is -2.29. The Bertz CT molecular complexity index is 1630. The average molecular weight is 635 g/mol. The third-order valence-corrected chi connectivity index (χ3v) is 8.29. The van der Waals surface area contributed by atoms with Crippen molar-refractivity contribution in [2.75, 3.05) is 38.8 Å². The lowest BCUT2D eigenvalue weighted by atomic mass is 10.0. The summed E-state index contributed by atoms with van der Waals surface area (Å²) in [7, 11) is -0.303. The first kappa shape index (κ1) is 31.5. The van der Waals surface area contributed by atoms with E-state index in [1.165, 1.54) is 13.2 Å². The quantitative estimate of drug-likeness (QED) is 0.322. The van der Waals surface area contributed by atoms with Crippen molar-refractivity contribution in [1.29, 1.82) is 0 Å². The van der Waals surface area contributed by atoms with E-state index in [0.717, 1.165) is 37.8 Å². The number of hydrogen-bond acceptors (Lipinski definition) is 9. The van der Waals surface area contributed by atoms with Crippen molar-refractivity contribution in [2.24, 2.45) is 0 Å². The van der Waals surface area contributed by atoms with Crippen LogP contribution in [-0.2, 0) is 22.6 Å². The van der Waals surface area contributed by atoms with Crippen LogP contribution in [-0.4, -0.2) is 74.8 Å². The van der Waals surface area contributed by atoms with Gasteiger partial charge in [0.1, 0.15) is 17.4 Å². The lowest BCUT2D eigenvalue weighted by molar-refractivity contribution is -0.140. The zero-order valence-corrected chi connectivity index (χ0v) is 25.1. The minimum atomic E-state index is -4.85. The molecule has 2 aliphatic rings. The first-order chi connectivity index (χ1) is 20.8. The van der Waals surface area contributed by atoms with Gasteiger partial charge in [0.15, 0.2) is 0 Å². The van der Waals surface area contributed by atoms with Crippen molar-refractivity contribution in [1.82, 2.24) is 24.9 Å². The number of rotatable bonds is 9. The minimum Gasteiger partial charge on any atom is -0.495 e. The van der Waals surface area contributed by atoms with Gasteiger partial charge in [0.2, 0.25) is 21.9 Å². The summed E-state index contributed by atoms with van der Waals surface area (Å²) in [5.74, 6) is -1.00. The molecule has 2 atom stereocenters. The third kappa shape index (κ3) is 7.39. The van der Waals surface area contributed by atoms with Gasteiger partial charge < -0.3 is 25.0 Å². The van der Waals surface area contributed by atoms with E-state index in [-0.39, 0.29) is 30.1 Å². The molecule has 1 aliphatic heterocycles. The third-order valence-electron chi connectivity index (χ3n) is 7.61. The number of hydrogen-bond donors (Lipinski definition) is 3. The van der Waals surface area contributed by atoms with Crippen LogP contribution < -0.4 is 24.8 Å². The number of ether oxygens (including phenoxy) is 2. The van der Waals surface area contributed by atoms with Gasteiger partial charge in [-0.3, -0.25) is 4.79 Å². The van der Waals surface area contributed by atoms with E-state index < -0.39 is 39.8 Å². The van der Waals surface area contributed by atoms with Gasteiger partial charge >= 0.3 is 6.18 Å². The van der Waals surface area contributed by atoms with E-state index in [0.29, 0.717) is 23.0 Å². The molecule has 15 heteroatoms. The monoisotopic (exact) mass is 634 g/mol. The molecule has 1 saturated heterocycles. The molecule has 3 aromatic rings. The van der Waals surface area contributed by atoms with Crippen molar-refractivity contribution >= 4 is 27.6 Å². The highest BCUT2D eigenvalue weighted by atomic mass is 32.2. The zero-order chi connectivity index (χ0) is 31.6. The maximum atomic E-state index is 14.0. The largest absolute Gasteiger partial charge is 0.495 e. The fraction of sp³-hybridized carbons (Fsp3) is 0.414. The summed E-state index contributed by atoms with van der Waals surface area (Å²) >= 11 is 0. The number of fused-ring (bicyclic) bond motifs is 1. The summed E-state index contributed by atoms with van der Waals surface area (Å²) in [5, 5.41) is 5.87. The van der Waals surface area contributed by atoms with Gasteiger partial charge in [-0.2, -0.15) is 18.2 Å². The Labute approximate surface area is 253 Å². The second-order valence-corrected chi connectivity index (χ2v) is 12.7. The summed E-state index contributed by atoms with van der Waals surface area (Å²) in [6.07, 6.45) is -2.46. The Balaban J connectivity index is 1.38. The number of anilines is 2. The molecule has 44 heavy (non-hydrogen) atoms. The predicted molar refractivity (Wildman–Crippen MR) is 157 cm³/mol. The molecule has 0 unspecified atom stereocenters. The number of halogens is 3. The van der Waals surface area contributed by atoms with Crippen LogP contribution >= 0.6 is 0 Å². The van der Waals surface area contributed by atoms with E-state index in [2.05, 4.69) is 30.2 Å². The second kappa shape index (κ2) is 12.6. The molecular weight excluding hydrogens is 601 g/mol. The fourth-order valence-electron chi connectivity index (χ4n) is 5.37. The van der Waals surface area contributed by atoms with E-state index in [4.69, 9.17) is 9.47 Å². The van der Waals surface area contributed by atoms with Gasteiger partial charge in [-0.25, -0.2) is 18.1 Å². The number of methoxy groups -OCH3 is 1. The molecule has 0 radical (unpaired) electrons. The zero-order valence-electron chi connectivity index (χ0n) is 24.3. The molecule has 1 fully saturated rings. The number of nitrogens with one attached hydrogen (secondary N) is 3. The van der Waals surface area contributed by atoms with E-state index >= 15 is 0 Å². The molecule has 2 aromatic carbocycles. The molecule has 2 heterocycles. The van der Waals surface area contributed by atoms with E-state index in [1.54, 1.807) is 36.4 Å². The van der Waals surface area contributed by atoms with Gasteiger partial charge in [0, 0.05) is 24.2 Å². The first-order valence-corrected chi connectivity index (χ1v) is 15.8. The van der Waals surface area contributed by atoms with Crippen LogP contribution in [0, 0.1) is 0 Å². The van der Waals surface area contributed by atoms with Crippen LogP contribution in [0.5, 0.6) is 11.6 Å². The number of carbonyl (C=O) groups is 1. The molecule has 3 N–H and O–H groups in total. The van der Waals surface area contributed by atoms with Gasteiger partial charge in [-0.1, -0.05) is 24.3 Å². The normalized spacial score (nSPS) is 19.3. The van der Waals surface area contributed by atoms with Crippen LogP contribution in [0.2, 0.25) is 0 Å².